The topological polar surface area (TPSA) is 40.5 Å². The Bertz CT molecular complexity index is 864. The third kappa shape index (κ3) is 3.82. The van der Waals surface area contributed by atoms with Gasteiger partial charge in [0.25, 0.3) is 0 Å². The minimum absolute atomic E-state index is 0.000499. The summed E-state index contributed by atoms with van der Waals surface area (Å²) < 4.78 is 0. The molecule has 1 aromatic carbocycles. The highest BCUT2D eigenvalue weighted by molar-refractivity contribution is 5.43. The summed E-state index contributed by atoms with van der Waals surface area (Å²) in [6.07, 6.45) is 7.39. The molecule has 0 aliphatic heterocycles. The summed E-state index contributed by atoms with van der Waals surface area (Å²) in [5, 5.41) is 21.6. The highest BCUT2D eigenvalue weighted by Crippen LogP contribution is 2.61. The van der Waals surface area contributed by atoms with Gasteiger partial charge in [0.1, 0.15) is 0 Å². The van der Waals surface area contributed by atoms with Gasteiger partial charge in [0.15, 0.2) is 0 Å². The van der Waals surface area contributed by atoms with E-state index in [0.717, 1.165) is 25.7 Å². The number of benzene rings is 1. The first kappa shape index (κ1) is 23.1. The molecule has 2 saturated carbocycles. The molecule has 31 heavy (non-hydrogen) atoms. The van der Waals surface area contributed by atoms with Crippen molar-refractivity contribution in [1.29, 1.82) is 0 Å². The van der Waals surface area contributed by atoms with E-state index in [1.807, 2.05) is 0 Å². The maximum Gasteiger partial charge on any atom is 0.0852 e. The molecule has 0 aromatic heterocycles. The lowest BCUT2D eigenvalue weighted by Crippen LogP contribution is -2.60. The maximum absolute atomic E-state index is 10.8. The first-order valence-corrected chi connectivity index (χ1v) is 12.5. The lowest BCUT2D eigenvalue weighted by atomic mass is 9.45. The zero-order chi connectivity index (χ0) is 22.8. The zero-order valence-corrected chi connectivity index (χ0v) is 20.7. The van der Waals surface area contributed by atoms with Crippen LogP contribution in [0, 0.1) is 35.0 Å². The number of aryl methyl sites for hydroxylation is 2. The van der Waals surface area contributed by atoms with Crippen molar-refractivity contribution in [2.45, 2.75) is 105 Å². The predicted molar refractivity (Wildman–Crippen MR) is 129 cm³/mol. The number of hydrogen-bond acceptors (Lipinski definition) is 2. The average Bonchev–Trinajstić information content (AvgIpc) is 2.66. The Balaban J connectivity index is 1.64. The fourth-order valence-electron chi connectivity index (χ4n) is 7.84. The normalized spacial score (nSPS) is 36.6. The molecular weight excluding hydrogens is 380 g/mol. The van der Waals surface area contributed by atoms with Crippen LogP contribution in [0.15, 0.2) is 24.3 Å². The molecule has 4 rings (SSSR count). The van der Waals surface area contributed by atoms with E-state index in [1.165, 1.54) is 30.4 Å². The van der Waals surface area contributed by atoms with Gasteiger partial charge in [0, 0.05) is 0 Å². The Labute approximate surface area is 190 Å². The fourth-order valence-corrected chi connectivity index (χ4v) is 7.84. The summed E-state index contributed by atoms with van der Waals surface area (Å²) in [7, 11) is 0. The van der Waals surface area contributed by atoms with Crippen LogP contribution in [-0.2, 0) is 19.3 Å². The molecule has 0 bridgehead atoms. The van der Waals surface area contributed by atoms with E-state index in [0.29, 0.717) is 23.7 Å². The Morgan fingerprint density at radius 2 is 1.77 bits per heavy atom. The Kier molecular flexibility index (Phi) is 5.75. The second-order valence-electron chi connectivity index (χ2n) is 12.7. The van der Waals surface area contributed by atoms with Crippen LogP contribution in [0.4, 0.5) is 0 Å². The minimum Gasteiger partial charge on any atom is -0.390 e. The third-order valence-electron chi connectivity index (χ3n) is 9.68. The summed E-state index contributed by atoms with van der Waals surface area (Å²) in [6.45, 7) is 18.3. The SMILES string of the molecule is C=C1CC[C@H]2C(C)(C)[C@@H](O)[C@H](O)C[C@]2(C)[C@H]1CCc1c(C)ccc2c1CC(C)(C)CC2. The van der Waals surface area contributed by atoms with Crippen LogP contribution in [-0.4, -0.2) is 22.4 Å². The fraction of sp³-hybridized carbons (Fsp3) is 0.724. The van der Waals surface area contributed by atoms with Crippen molar-refractivity contribution < 1.29 is 10.2 Å². The van der Waals surface area contributed by atoms with E-state index in [2.05, 4.69) is 60.3 Å². The van der Waals surface area contributed by atoms with Crippen LogP contribution in [0.2, 0.25) is 0 Å². The average molecular weight is 425 g/mol. The number of fused-ring (bicyclic) bond motifs is 2. The molecule has 172 valence electrons. The Morgan fingerprint density at radius 1 is 1.06 bits per heavy atom. The number of hydrogen-bond donors (Lipinski definition) is 2. The number of allylic oxidation sites excluding steroid dienone is 1. The zero-order valence-electron chi connectivity index (χ0n) is 20.7. The molecule has 5 atom stereocenters. The molecule has 3 aliphatic rings. The van der Waals surface area contributed by atoms with Gasteiger partial charge in [-0.2, -0.15) is 0 Å². The van der Waals surface area contributed by atoms with Gasteiger partial charge < -0.3 is 10.2 Å². The molecule has 3 aliphatic carbocycles. The van der Waals surface area contributed by atoms with Crippen molar-refractivity contribution in [2.24, 2.45) is 28.1 Å². The Hall–Kier alpha value is -1.12. The molecule has 2 N–H and O–H groups in total. The van der Waals surface area contributed by atoms with Crippen molar-refractivity contribution in [3.63, 3.8) is 0 Å². The molecule has 0 amide bonds. The van der Waals surface area contributed by atoms with Gasteiger partial charge in [0.2, 0.25) is 0 Å². The van der Waals surface area contributed by atoms with Crippen molar-refractivity contribution >= 4 is 0 Å². The number of aliphatic hydroxyl groups excluding tert-OH is 2. The van der Waals surface area contributed by atoms with Crippen LogP contribution in [0.25, 0.3) is 0 Å². The molecule has 2 heteroatoms. The van der Waals surface area contributed by atoms with Gasteiger partial charge in [-0.15, -0.1) is 0 Å². The monoisotopic (exact) mass is 424 g/mol. The summed E-state index contributed by atoms with van der Waals surface area (Å²) in [4.78, 5) is 0. The third-order valence-corrected chi connectivity index (χ3v) is 9.68. The van der Waals surface area contributed by atoms with Crippen LogP contribution < -0.4 is 0 Å². The largest absolute Gasteiger partial charge is 0.390 e. The molecular formula is C29H44O2. The van der Waals surface area contributed by atoms with E-state index in [4.69, 9.17) is 0 Å². The highest BCUT2D eigenvalue weighted by atomic mass is 16.3. The number of aliphatic hydroxyl groups is 2. The van der Waals surface area contributed by atoms with Crippen LogP contribution in [0.1, 0.15) is 89.0 Å². The highest BCUT2D eigenvalue weighted by Gasteiger charge is 2.58. The van der Waals surface area contributed by atoms with Gasteiger partial charge in [-0.3, -0.25) is 0 Å². The summed E-state index contributed by atoms with van der Waals surface area (Å²) in [5.41, 5.74) is 7.65. The quantitative estimate of drug-likeness (QED) is 0.569. The second-order valence-corrected chi connectivity index (χ2v) is 12.7. The van der Waals surface area contributed by atoms with Crippen LogP contribution >= 0.6 is 0 Å². The number of rotatable bonds is 3. The molecule has 0 saturated heterocycles. The van der Waals surface area contributed by atoms with E-state index >= 15 is 0 Å². The van der Waals surface area contributed by atoms with Crippen molar-refractivity contribution in [1.82, 2.24) is 0 Å². The molecule has 0 heterocycles. The summed E-state index contributed by atoms with van der Waals surface area (Å²) in [5.74, 6) is 0.818. The van der Waals surface area contributed by atoms with E-state index in [9.17, 15) is 10.2 Å². The standard InChI is InChI=1S/C29H44O2/c1-18-8-10-20-14-15-27(3,4)16-22(20)21(18)11-12-23-19(2)9-13-25-28(5,6)26(31)24(30)17-29(23,25)7/h8,10,23-26,30-31H,2,9,11-17H2,1,3-7H3/t23-,24+,25-,26-,29+/m0/s1. The van der Waals surface area contributed by atoms with Gasteiger partial charge >= 0.3 is 0 Å². The smallest absolute Gasteiger partial charge is 0.0852 e. The summed E-state index contributed by atoms with van der Waals surface area (Å²) >= 11 is 0. The van der Waals surface area contributed by atoms with E-state index in [-0.39, 0.29) is 10.8 Å². The van der Waals surface area contributed by atoms with Crippen molar-refractivity contribution in [2.75, 3.05) is 0 Å². The van der Waals surface area contributed by atoms with E-state index < -0.39 is 12.2 Å². The van der Waals surface area contributed by atoms with Crippen molar-refractivity contribution in [3.05, 3.63) is 46.5 Å². The lowest BCUT2D eigenvalue weighted by molar-refractivity contribution is -0.180. The van der Waals surface area contributed by atoms with Gasteiger partial charge in [-0.1, -0.05) is 58.9 Å². The molecule has 0 spiro atoms. The predicted octanol–water partition coefficient (Wildman–Crippen LogP) is 6.18. The van der Waals surface area contributed by atoms with Gasteiger partial charge in [-0.25, -0.2) is 0 Å². The Morgan fingerprint density at radius 3 is 2.48 bits per heavy atom. The summed E-state index contributed by atoms with van der Waals surface area (Å²) in [6, 6.07) is 4.69. The second kappa shape index (κ2) is 7.73. The molecule has 2 nitrogen and oxygen atoms in total. The van der Waals surface area contributed by atoms with Crippen LogP contribution in [0.3, 0.4) is 0 Å². The van der Waals surface area contributed by atoms with Crippen molar-refractivity contribution in [3.8, 4) is 0 Å². The van der Waals surface area contributed by atoms with E-state index in [1.54, 1.807) is 16.7 Å². The first-order chi connectivity index (χ1) is 14.4. The molecule has 1 aromatic rings. The maximum atomic E-state index is 10.8. The molecule has 0 unspecified atom stereocenters. The van der Waals surface area contributed by atoms with Gasteiger partial charge in [-0.05, 0) is 109 Å². The lowest BCUT2D eigenvalue weighted by Gasteiger charge is -2.60. The molecule has 2 fully saturated rings. The first-order valence-electron chi connectivity index (χ1n) is 12.5. The molecule has 0 radical (unpaired) electrons. The van der Waals surface area contributed by atoms with Crippen LogP contribution in [0.5, 0.6) is 0 Å². The minimum atomic E-state index is -0.642. The van der Waals surface area contributed by atoms with Gasteiger partial charge in [0.05, 0.1) is 12.2 Å².